The lowest BCUT2D eigenvalue weighted by Crippen LogP contribution is -2.26. The van der Waals surface area contributed by atoms with Crippen LogP contribution in [0.4, 0.5) is 0 Å². The summed E-state index contributed by atoms with van der Waals surface area (Å²) in [4.78, 5) is 12.3. The van der Waals surface area contributed by atoms with E-state index in [9.17, 15) is 4.79 Å². The molecule has 0 radical (unpaired) electrons. The Labute approximate surface area is 149 Å². The first-order valence-electron chi connectivity index (χ1n) is 8.60. The van der Waals surface area contributed by atoms with E-state index in [1.165, 1.54) is 0 Å². The van der Waals surface area contributed by atoms with Crippen molar-refractivity contribution in [1.82, 2.24) is 0 Å². The molecule has 2 atom stereocenters. The topological polar surface area (TPSA) is 44.8 Å². The van der Waals surface area contributed by atoms with Crippen molar-refractivity contribution in [3.8, 4) is 11.5 Å². The molecule has 0 saturated carbocycles. The van der Waals surface area contributed by atoms with Crippen LogP contribution < -0.4 is 9.47 Å². The molecule has 0 aliphatic rings. The minimum absolute atomic E-state index is 0.320. The fourth-order valence-electron chi connectivity index (χ4n) is 2.44. The summed E-state index contributed by atoms with van der Waals surface area (Å²) in [5, 5.41) is 0. The third kappa shape index (κ3) is 5.33. The second kappa shape index (κ2) is 9.23. The van der Waals surface area contributed by atoms with E-state index in [-0.39, 0.29) is 0 Å². The normalized spacial score (nSPS) is 13.1. The molecule has 0 spiro atoms. The van der Waals surface area contributed by atoms with Crippen molar-refractivity contribution in [1.29, 1.82) is 0 Å². The van der Waals surface area contributed by atoms with Gasteiger partial charge in [0, 0.05) is 0 Å². The van der Waals surface area contributed by atoms with Gasteiger partial charge in [-0.05, 0) is 48.6 Å². The summed E-state index contributed by atoms with van der Waals surface area (Å²) in [6, 6.07) is 15.2. The van der Waals surface area contributed by atoms with Gasteiger partial charge in [-0.25, -0.2) is 4.79 Å². The smallest absolute Gasteiger partial charge is 0.340 e. The van der Waals surface area contributed by atoms with Crippen molar-refractivity contribution in [3.05, 3.63) is 59.7 Å². The number of rotatable bonds is 8. The maximum Gasteiger partial charge on any atom is 0.340 e. The second-order valence-corrected chi connectivity index (χ2v) is 6.07. The van der Waals surface area contributed by atoms with E-state index in [0.717, 1.165) is 23.3 Å². The van der Waals surface area contributed by atoms with E-state index < -0.39 is 12.1 Å². The van der Waals surface area contributed by atoms with Crippen LogP contribution >= 0.6 is 0 Å². The van der Waals surface area contributed by atoms with Crippen LogP contribution in [0, 0.1) is 0 Å². The Morgan fingerprint density at radius 3 is 2.56 bits per heavy atom. The zero-order chi connectivity index (χ0) is 18.2. The molecule has 0 saturated heterocycles. The van der Waals surface area contributed by atoms with Gasteiger partial charge in [0.2, 0.25) is 0 Å². The maximum atomic E-state index is 12.3. The van der Waals surface area contributed by atoms with Crippen molar-refractivity contribution >= 4 is 5.97 Å². The van der Waals surface area contributed by atoms with E-state index in [2.05, 4.69) is 13.8 Å². The predicted octanol–water partition coefficient (Wildman–Crippen LogP) is 4.72. The van der Waals surface area contributed by atoms with Crippen LogP contribution in [0.3, 0.4) is 0 Å². The highest BCUT2D eigenvalue weighted by molar-refractivity contribution is 5.77. The molecule has 2 aromatic carbocycles. The molecule has 0 aliphatic heterocycles. The van der Waals surface area contributed by atoms with Crippen molar-refractivity contribution in [2.24, 2.45) is 0 Å². The molecule has 0 bridgehead atoms. The SMILES string of the molecule is CCC(C)c1ccccc1OC(=O)C(C)OCc1cccc(OC)c1. The molecule has 0 amide bonds. The summed E-state index contributed by atoms with van der Waals surface area (Å²) in [5.41, 5.74) is 1.98. The van der Waals surface area contributed by atoms with Crippen molar-refractivity contribution < 1.29 is 19.0 Å². The fraction of sp³-hybridized carbons (Fsp3) is 0.381. The predicted molar refractivity (Wildman–Crippen MR) is 98.0 cm³/mol. The minimum atomic E-state index is -0.656. The van der Waals surface area contributed by atoms with E-state index in [0.29, 0.717) is 18.3 Å². The van der Waals surface area contributed by atoms with Gasteiger partial charge in [-0.2, -0.15) is 0 Å². The van der Waals surface area contributed by atoms with Crippen LogP contribution in [0.1, 0.15) is 44.2 Å². The molecule has 0 N–H and O–H groups in total. The Morgan fingerprint density at radius 1 is 1.08 bits per heavy atom. The standard InChI is InChI=1S/C21H26O4/c1-5-15(2)19-11-6-7-12-20(19)25-21(22)16(3)24-14-17-9-8-10-18(13-17)23-4/h6-13,15-16H,5,14H2,1-4H3. The number of esters is 1. The largest absolute Gasteiger partial charge is 0.497 e. The first kappa shape index (κ1) is 19.0. The lowest BCUT2D eigenvalue weighted by Gasteiger charge is -2.17. The molecular formula is C21H26O4. The molecule has 0 fully saturated rings. The zero-order valence-corrected chi connectivity index (χ0v) is 15.3. The van der Waals surface area contributed by atoms with Crippen LogP contribution in [0.5, 0.6) is 11.5 Å². The molecular weight excluding hydrogens is 316 g/mol. The third-order valence-corrected chi connectivity index (χ3v) is 4.24. The number of hydrogen-bond donors (Lipinski definition) is 0. The molecule has 2 aromatic rings. The van der Waals surface area contributed by atoms with Gasteiger partial charge < -0.3 is 14.2 Å². The monoisotopic (exact) mass is 342 g/mol. The van der Waals surface area contributed by atoms with E-state index in [4.69, 9.17) is 14.2 Å². The van der Waals surface area contributed by atoms with Gasteiger partial charge >= 0.3 is 5.97 Å². The number of ether oxygens (including phenoxy) is 3. The number of hydrogen-bond acceptors (Lipinski definition) is 4. The highest BCUT2D eigenvalue weighted by Crippen LogP contribution is 2.28. The van der Waals surface area contributed by atoms with Crippen LogP contribution in [-0.2, 0) is 16.1 Å². The first-order chi connectivity index (χ1) is 12.0. The van der Waals surface area contributed by atoms with Gasteiger partial charge in [-0.3, -0.25) is 0 Å². The van der Waals surface area contributed by atoms with Crippen molar-refractivity contribution in [2.45, 2.75) is 45.8 Å². The van der Waals surface area contributed by atoms with Crippen LogP contribution in [-0.4, -0.2) is 19.2 Å². The van der Waals surface area contributed by atoms with E-state index >= 15 is 0 Å². The summed E-state index contributed by atoms with van der Waals surface area (Å²) >= 11 is 0. The van der Waals surface area contributed by atoms with E-state index in [1.807, 2.05) is 48.5 Å². The summed E-state index contributed by atoms with van der Waals surface area (Å²) in [5.74, 6) is 1.31. The molecule has 2 rings (SSSR count). The summed E-state index contributed by atoms with van der Waals surface area (Å²) in [6.45, 7) is 6.26. The van der Waals surface area contributed by atoms with Gasteiger partial charge in [0.1, 0.15) is 11.5 Å². The number of carbonyl (C=O) groups excluding carboxylic acids is 1. The molecule has 25 heavy (non-hydrogen) atoms. The number of benzene rings is 2. The van der Waals surface area contributed by atoms with Gasteiger partial charge in [-0.1, -0.05) is 44.2 Å². The van der Waals surface area contributed by atoms with Crippen molar-refractivity contribution in [3.63, 3.8) is 0 Å². The molecule has 4 heteroatoms. The quantitative estimate of drug-likeness (QED) is 0.514. The Kier molecular flexibility index (Phi) is 7.02. The highest BCUT2D eigenvalue weighted by atomic mass is 16.6. The minimum Gasteiger partial charge on any atom is -0.497 e. The Bertz CT molecular complexity index is 696. The Hall–Kier alpha value is -2.33. The number of para-hydroxylation sites is 1. The van der Waals surface area contributed by atoms with E-state index in [1.54, 1.807) is 14.0 Å². The second-order valence-electron chi connectivity index (χ2n) is 6.07. The number of carbonyl (C=O) groups is 1. The maximum absolute atomic E-state index is 12.3. The number of methoxy groups -OCH3 is 1. The molecule has 2 unspecified atom stereocenters. The summed E-state index contributed by atoms with van der Waals surface area (Å²) in [6.07, 6.45) is 0.326. The van der Waals surface area contributed by atoms with Gasteiger partial charge in [0.25, 0.3) is 0 Å². The average molecular weight is 342 g/mol. The lowest BCUT2D eigenvalue weighted by atomic mass is 9.98. The van der Waals surface area contributed by atoms with Crippen LogP contribution in [0.25, 0.3) is 0 Å². The average Bonchev–Trinajstić information content (AvgIpc) is 2.66. The zero-order valence-electron chi connectivity index (χ0n) is 15.3. The van der Waals surface area contributed by atoms with Crippen molar-refractivity contribution in [2.75, 3.05) is 7.11 Å². The molecule has 134 valence electrons. The summed E-state index contributed by atoms with van der Waals surface area (Å²) in [7, 11) is 1.62. The van der Waals surface area contributed by atoms with Gasteiger partial charge in [-0.15, -0.1) is 0 Å². The third-order valence-electron chi connectivity index (χ3n) is 4.24. The molecule has 0 aliphatic carbocycles. The van der Waals surface area contributed by atoms with Crippen LogP contribution in [0.15, 0.2) is 48.5 Å². The highest BCUT2D eigenvalue weighted by Gasteiger charge is 2.19. The van der Waals surface area contributed by atoms with Gasteiger partial charge in [0.05, 0.1) is 13.7 Å². The molecule has 0 aromatic heterocycles. The lowest BCUT2D eigenvalue weighted by molar-refractivity contribution is -0.147. The first-order valence-corrected chi connectivity index (χ1v) is 8.60. The Balaban J connectivity index is 1.96. The molecule has 4 nitrogen and oxygen atoms in total. The van der Waals surface area contributed by atoms with Gasteiger partial charge in [0.15, 0.2) is 6.10 Å². The molecule has 0 heterocycles. The Morgan fingerprint density at radius 2 is 1.84 bits per heavy atom. The fourth-order valence-corrected chi connectivity index (χ4v) is 2.44. The summed E-state index contributed by atoms with van der Waals surface area (Å²) < 4.78 is 16.4. The van der Waals surface area contributed by atoms with Crippen LogP contribution in [0.2, 0.25) is 0 Å².